The molecular weight excluding hydrogens is 412 g/mol. The van der Waals surface area contributed by atoms with Crippen molar-refractivity contribution in [1.82, 2.24) is 5.32 Å². The van der Waals surface area contributed by atoms with Crippen LogP contribution in [0.2, 0.25) is 0 Å². The van der Waals surface area contributed by atoms with E-state index in [1.807, 2.05) is 48.7 Å². The second kappa shape index (κ2) is 7.64. The van der Waals surface area contributed by atoms with Gasteiger partial charge in [0.15, 0.2) is 0 Å². The molecule has 0 saturated heterocycles. The fourth-order valence-electron chi connectivity index (χ4n) is 4.82. The Balaban J connectivity index is 1.46. The first-order chi connectivity index (χ1) is 14.9. The molecule has 0 radical (unpaired) electrons. The Morgan fingerprint density at radius 2 is 1.71 bits per heavy atom. The highest BCUT2D eigenvalue weighted by Gasteiger charge is 2.51. The summed E-state index contributed by atoms with van der Waals surface area (Å²) in [6.07, 6.45) is 6.51. The third-order valence-corrected chi connectivity index (χ3v) is 7.47. The van der Waals surface area contributed by atoms with Gasteiger partial charge >= 0.3 is 5.97 Å². The predicted molar refractivity (Wildman–Crippen MR) is 119 cm³/mol. The molecule has 2 aromatic rings. The third kappa shape index (κ3) is 3.67. The van der Waals surface area contributed by atoms with Crippen LogP contribution in [0.25, 0.3) is 11.1 Å². The minimum atomic E-state index is -0.935. The lowest BCUT2D eigenvalue weighted by molar-refractivity contribution is -0.146. The largest absolute Gasteiger partial charge is 0.481 e. The van der Waals surface area contributed by atoms with Gasteiger partial charge in [0.2, 0.25) is 5.91 Å². The number of hydrogen-bond donors (Lipinski definition) is 3. The van der Waals surface area contributed by atoms with Crippen LogP contribution >= 0.6 is 11.3 Å². The summed E-state index contributed by atoms with van der Waals surface area (Å²) in [7, 11) is 0. The van der Waals surface area contributed by atoms with Gasteiger partial charge in [0.1, 0.15) is 5.00 Å². The molecule has 2 saturated carbocycles. The van der Waals surface area contributed by atoms with E-state index in [0.29, 0.717) is 17.0 Å². The van der Waals surface area contributed by atoms with E-state index in [0.717, 1.165) is 29.5 Å². The van der Waals surface area contributed by atoms with E-state index in [9.17, 15) is 19.5 Å². The Labute approximate surface area is 184 Å². The van der Waals surface area contributed by atoms with Crippen LogP contribution in [0.15, 0.2) is 41.8 Å². The van der Waals surface area contributed by atoms with Crippen LogP contribution in [-0.2, 0) is 9.59 Å². The molecule has 4 atom stereocenters. The summed E-state index contributed by atoms with van der Waals surface area (Å²) in [4.78, 5) is 38.1. The standard InChI is InChI=1S/C24H24N2O4S/c1-12-2-4-13(5-3-12)17-11-31-23(20(17)22(28)25-16-8-9-16)26-21(27)18-14-6-7-15(10-14)19(18)24(29)30/h2-7,11,14-16,18-19H,8-10H2,1H3,(H,25,28)(H,26,27)(H,29,30)/t14-,15-,18-,19-/m0/s1. The zero-order valence-corrected chi connectivity index (χ0v) is 17.9. The first-order valence-electron chi connectivity index (χ1n) is 10.6. The van der Waals surface area contributed by atoms with Gasteiger partial charge in [0, 0.05) is 17.0 Å². The minimum Gasteiger partial charge on any atom is -0.481 e. The highest BCUT2D eigenvalue weighted by atomic mass is 32.1. The number of hydrogen-bond acceptors (Lipinski definition) is 4. The number of carboxylic acids is 1. The Bertz CT molecular complexity index is 1080. The summed E-state index contributed by atoms with van der Waals surface area (Å²) in [6.45, 7) is 2.01. The van der Waals surface area contributed by atoms with Gasteiger partial charge in [-0.1, -0.05) is 42.0 Å². The van der Waals surface area contributed by atoms with Gasteiger partial charge in [-0.3, -0.25) is 14.4 Å². The van der Waals surface area contributed by atoms with Gasteiger partial charge < -0.3 is 15.7 Å². The molecule has 0 spiro atoms. The summed E-state index contributed by atoms with van der Waals surface area (Å²) in [5.74, 6) is -2.93. The molecule has 5 rings (SSSR count). The Kier molecular flexibility index (Phi) is 4.93. The third-order valence-electron chi connectivity index (χ3n) is 6.58. The number of aryl methyl sites for hydroxylation is 1. The molecule has 1 aromatic carbocycles. The monoisotopic (exact) mass is 436 g/mol. The van der Waals surface area contributed by atoms with E-state index < -0.39 is 17.8 Å². The van der Waals surface area contributed by atoms with Crippen LogP contribution in [0.4, 0.5) is 5.00 Å². The molecule has 2 bridgehead atoms. The zero-order valence-electron chi connectivity index (χ0n) is 17.1. The van der Waals surface area contributed by atoms with E-state index in [4.69, 9.17) is 0 Å². The van der Waals surface area contributed by atoms with Crippen molar-refractivity contribution < 1.29 is 19.5 Å². The lowest BCUT2D eigenvalue weighted by Crippen LogP contribution is -2.36. The normalized spacial score (nSPS) is 26.1. The number of thiophene rings is 1. The maximum absolute atomic E-state index is 13.2. The number of carbonyl (C=O) groups excluding carboxylic acids is 2. The number of anilines is 1. The second-order valence-electron chi connectivity index (χ2n) is 8.79. The van der Waals surface area contributed by atoms with Gasteiger partial charge in [0.05, 0.1) is 17.4 Å². The molecule has 160 valence electrons. The Morgan fingerprint density at radius 3 is 2.35 bits per heavy atom. The lowest BCUT2D eigenvalue weighted by atomic mass is 9.82. The van der Waals surface area contributed by atoms with Crippen LogP contribution in [0, 0.1) is 30.6 Å². The first-order valence-corrected chi connectivity index (χ1v) is 11.5. The van der Waals surface area contributed by atoms with E-state index >= 15 is 0 Å². The molecule has 6 nitrogen and oxygen atoms in total. The SMILES string of the molecule is Cc1ccc(-c2csc(NC(=O)[C@@H]3[C@@H](C(=O)O)[C@H]4C=C[C@H]3C4)c2C(=O)NC2CC2)cc1. The molecule has 3 N–H and O–H groups in total. The van der Waals surface area contributed by atoms with Crippen molar-refractivity contribution in [2.75, 3.05) is 5.32 Å². The molecular formula is C24H24N2O4S. The number of carboxylic acid groups (broad SMARTS) is 1. The van der Waals surface area contributed by atoms with Crippen molar-refractivity contribution in [2.45, 2.75) is 32.2 Å². The average Bonchev–Trinajstić information content (AvgIpc) is 3.15. The smallest absolute Gasteiger partial charge is 0.307 e. The number of rotatable bonds is 6. The minimum absolute atomic E-state index is 0.0635. The number of allylic oxidation sites excluding steroid dienone is 2. The molecule has 31 heavy (non-hydrogen) atoms. The summed E-state index contributed by atoms with van der Waals surface area (Å²) in [6, 6.07) is 8.12. The van der Waals surface area contributed by atoms with Crippen molar-refractivity contribution in [3.8, 4) is 11.1 Å². The fraction of sp³-hybridized carbons (Fsp3) is 0.375. The molecule has 1 heterocycles. The maximum atomic E-state index is 13.2. The highest BCUT2D eigenvalue weighted by Crippen LogP contribution is 2.49. The Hall–Kier alpha value is -2.93. The van der Waals surface area contributed by atoms with Gasteiger partial charge in [0.25, 0.3) is 5.91 Å². The number of fused-ring (bicyclic) bond motifs is 2. The lowest BCUT2D eigenvalue weighted by Gasteiger charge is -2.23. The Morgan fingerprint density at radius 1 is 1.03 bits per heavy atom. The quantitative estimate of drug-likeness (QED) is 0.595. The summed E-state index contributed by atoms with van der Waals surface area (Å²) < 4.78 is 0. The molecule has 2 amide bonds. The van der Waals surface area contributed by atoms with E-state index in [1.54, 1.807) is 0 Å². The van der Waals surface area contributed by atoms with Crippen LogP contribution in [-0.4, -0.2) is 28.9 Å². The molecule has 0 unspecified atom stereocenters. The van der Waals surface area contributed by atoms with E-state index in [-0.39, 0.29) is 29.7 Å². The van der Waals surface area contributed by atoms with Gasteiger partial charge in [-0.15, -0.1) is 11.3 Å². The van der Waals surface area contributed by atoms with Gasteiger partial charge in [-0.05, 0) is 43.6 Å². The number of nitrogens with one attached hydrogen (secondary N) is 2. The number of amides is 2. The van der Waals surface area contributed by atoms with Gasteiger partial charge in [-0.25, -0.2) is 0 Å². The molecule has 3 aliphatic rings. The van der Waals surface area contributed by atoms with Crippen LogP contribution < -0.4 is 10.6 Å². The van der Waals surface area contributed by atoms with Crippen molar-refractivity contribution in [2.24, 2.45) is 23.7 Å². The zero-order chi connectivity index (χ0) is 21.7. The van der Waals surface area contributed by atoms with Crippen LogP contribution in [0.5, 0.6) is 0 Å². The highest BCUT2D eigenvalue weighted by molar-refractivity contribution is 7.15. The van der Waals surface area contributed by atoms with Gasteiger partial charge in [-0.2, -0.15) is 0 Å². The number of aliphatic carboxylic acids is 1. The molecule has 7 heteroatoms. The molecule has 2 fully saturated rings. The molecule has 1 aromatic heterocycles. The van der Waals surface area contributed by atoms with E-state index in [2.05, 4.69) is 10.6 Å². The molecule has 0 aliphatic heterocycles. The maximum Gasteiger partial charge on any atom is 0.307 e. The van der Waals surface area contributed by atoms with Crippen molar-refractivity contribution in [3.05, 3.63) is 52.9 Å². The predicted octanol–water partition coefficient (Wildman–Crippen LogP) is 4.08. The summed E-state index contributed by atoms with van der Waals surface area (Å²) in [5, 5.41) is 18.0. The van der Waals surface area contributed by atoms with Crippen molar-refractivity contribution in [1.29, 1.82) is 0 Å². The molecule has 3 aliphatic carbocycles. The average molecular weight is 437 g/mol. The topological polar surface area (TPSA) is 95.5 Å². The van der Waals surface area contributed by atoms with Crippen molar-refractivity contribution >= 4 is 34.1 Å². The van der Waals surface area contributed by atoms with Crippen LogP contribution in [0.3, 0.4) is 0 Å². The first kappa shape index (κ1) is 20.0. The number of carbonyl (C=O) groups is 3. The second-order valence-corrected chi connectivity index (χ2v) is 9.67. The summed E-state index contributed by atoms with van der Waals surface area (Å²) in [5.41, 5.74) is 3.27. The van der Waals surface area contributed by atoms with E-state index in [1.165, 1.54) is 11.3 Å². The summed E-state index contributed by atoms with van der Waals surface area (Å²) >= 11 is 1.31. The fourth-order valence-corrected chi connectivity index (χ4v) is 5.79. The number of benzene rings is 1. The van der Waals surface area contributed by atoms with Crippen molar-refractivity contribution in [3.63, 3.8) is 0 Å². The van der Waals surface area contributed by atoms with Crippen LogP contribution in [0.1, 0.15) is 35.2 Å².